The summed E-state index contributed by atoms with van der Waals surface area (Å²) in [6, 6.07) is 3.89. The van der Waals surface area contributed by atoms with Gasteiger partial charge >= 0.3 is 5.97 Å². The third-order valence-electron chi connectivity index (χ3n) is 3.50. The Morgan fingerprint density at radius 2 is 1.91 bits per heavy atom. The van der Waals surface area contributed by atoms with Crippen LogP contribution in [0.4, 0.5) is 11.4 Å². The van der Waals surface area contributed by atoms with E-state index in [1.54, 1.807) is 12.2 Å². The van der Waals surface area contributed by atoms with Gasteiger partial charge in [-0.3, -0.25) is 19.7 Å². The third-order valence-corrected chi connectivity index (χ3v) is 3.82. The van der Waals surface area contributed by atoms with E-state index in [0.717, 1.165) is 6.07 Å². The van der Waals surface area contributed by atoms with Crippen LogP contribution in [0.3, 0.4) is 0 Å². The van der Waals surface area contributed by atoms with Crippen molar-refractivity contribution >= 4 is 34.9 Å². The van der Waals surface area contributed by atoms with Crippen LogP contribution in [-0.2, 0) is 9.59 Å². The van der Waals surface area contributed by atoms with Gasteiger partial charge in [0.15, 0.2) is 0 Å². The first kappa shape index (κ1) is 16.0. The Bertz CT molecular complexity index is 659. The lowest BCUT2D eigenvalue weighted by Gasteiger charge is -2.24. The van der Waals surface area contributed by atoms with Crippen LogP contribution in [0.5, 0.6) is 0 Å². The number of benzene rings is 1. The number of nitro groups is 1. The number of anilines is 1. The maximum atomic E-state index is 12.2. The number of nitrogens with one attached hydrogen (secondary N) is 1. The van der Waals surface area contributed by atoms with Crippen molar-refractivity contribution in [1.29, 1.82) is 0 Å². The lowest BCUT2D eigenvalue weighted by Crippen LogP contribution is -2.34. The smallest absolute Gasteiger partial charge is 0.307 e. The number of nitro benzene ring substituents is 1. The second-order valence-electron chi connectivity index (χ2n) is 4.91. The molecule has 1 amide bonds. The topological polar surface area (TPSA) is 110 Å². The first-order valence-corrected chi connectivity index (χ1v) is 6.90. The van der Waals surface area contributed by atoms with E-state index in [1.165, 1.54) is 12.1 Å². The van der Waals surface area contributed by atoms with Crippen molar-refractivity contribution in [2.45, 2.75) is 12.8 Å². The zero-order valence-corrected chi connectivity index (χ0v) is 12.1. The number of halogens is 1. The normalized spacial score (nSPS) is 20.4. The molecule has 8 heteroatoms. The summed E-state index contributed by atoms with van der Waals surface area (Å²) in [4.78, 5) is 33.6. The Kier molecular flexibility index (Phi) is 4.77. The molecule has 0 saturated heterocycles. The van der Waals surface area contributed by atoms with Gasteiger partial charge in [0.25, 0.3) is 5.69 Å². The summed E-state index contributed by atoms with van der Waals surface area (Å²) < 4.78 is 0. The third kappa shape index (κ3) is 3.43. The standard InChI is InChI=1S/C14H13ClN2O5/c15-11-6-5-8(7-12(11)17(21)22)16-13(18)9-3-1-2-4-10(9)14(19)20/h1-2,5-7,9-10H,3-4H2,(H,16,18)(H,19,20)/t9-,10+/m1/s1. The second kappa shape index (κ2) is 6.57. The van der Waals surface area contributed by atoms with E-state index in [0.29, 0.717) is 6.42 Å². The van der Waals surface area contributed by atoms with Crippen LogP contribution in [0.15, 0.2) is 30.4 Å². The molecule has 22 heavy (non-hydrogen) atoms. The Morgan fingerprint density at radius 3 is 2.50 bits per heavy atom. The van der Waals surface area contributed by atoms with Crippen molar-refractivity contribution in [2.75, 3.05) is 5.32 Å². The highest BCUT2D eigenvalue weighted by Crippen LogP contribution is 2.30. The van der Waals surface area contributed by atoms with Gasteiger partial charge in [-0.15, -0.1) is 0 Å². The van der Waals surface area contributed by atoms with Gasteiger partial charge in [-0.05, 0) is 25.0 Å². The van der Waals surface area contributed by atoms with E-state index in [4.69, 9.17) is 16.7 Å². The summed E-state index contributed by atoms with van der Waals surface area (Å²) in [5, 5.41) is 22.5. The van der Waals surface area contributed by atoms with Crippen molar-refractivity contribution < 1.29 is 19.6 Å². The zero-order chi connectivity index (χ0) is 16.3. The molecule has 0 bridgehead atoms. The van der Waals surface area contributed by atoms with E-state index < -0.39 is 28.6 Å². The van der Waals surface area contributed by atoms with Gasteiger partial charge < -0.3 is 10.4 Å². The summed E-state index contributed by atoms with van der Waals surface area (Å²) >= 11 is 5.70. The van der Waals surface area contributed by atoms with Crippen molar-refractivity contribution in [1.82, 2.24) is 0 Å². The molecule has 2 rings (SSSR count). The molecule has 0 aliphatic heterocycles. The number of aliphatic carboxylic acids is 1. The highest BCUT2D eigenvalue weighted by atomic mass is 35.5. The number of carbonyl (C=O) groups is 2. The molecule has 1 aromatic rings. The minimum absolute atomic E-state index is 0.0352. The number of hydrogen-bond acceptors (Lipinski definition) is 4. The van der Waals surface area contributed by atoms with Gasteiger partial charge in [-0.25, -0.2) is 0 Å². The van der Waals surface area contributed by atoms with E-state index in [2.05, 4.69) is 5.32 Å². The highest BCUT2D eigenvalue weighted by molar-refractivity contribution is 6.32. The van der Waals surface area contributed by atoms with Crippen LogP contribution in [0.1, 0.15) is 12.8 Å². The van der Waals surface area contributed by atoms with E-state index in [1.807, 2.05) is 0 Å². The van der Waals surface area contributed by atoms with Crippen LogP contribution >= 0.6 is 11.6 Å². The molecule has 0 spiro atoms. The molecule has 0 unspecified atom stereocenters. The Balaban J connectivity index is 2.18. The van der Waals surface area contributed by atoms with Gasteiger partial charge in [0.1, 0.15) is 5.02 Å². The molecule has 7 nitrogen and oxygen atoms in total. The predicted molar refractivity (Wildman–Crippen MR) is 79.7 cm³/mol. The molecule has 1 aliphatic rings. The molecule has 0 fully saturated rings. The maximum absolute atomic E-state index is 12.2. The van der Waals surface area contributed by atoms with E-state index in [-0.39, 0.29) is 22.8 Å². The summed E-state index contributed by atoms with van der Waals surface area (Å²) in [6.07, 6.45) is 4.09. The summed E-state index contributed by atoms with van der Waals surface area (Å²) in [5.41, 5.74) is -0.113. The summed E-state index contributed by atoms with van der Waals surface area (Å²) in [6.45, 7) is 0. The average Bonchev–Trinajstić information content (AvgIpc) is 2.48. The number of hydrogen-bond donors (Lipinski definition) is 2. The number of amides is 1. The molecule has 2 atom stereocenters. The SMILES string of the molecule is O=C(O)[C@H]1CC=CC[C@H]1C(=O)Nc1ccc(Cl)c([N+](=O)[O-])c1. The van der Waals surface area contributed by atoms with E-state index in [9.17, 15) is 19.7 Å². The summed E-state index contributed by atoms with van der Waals surface area (Å²) in [5.74, 6) is -3.02. The number of rotatable bonds is 4. The van der Waals surface area contributed by atoms with Crippen molar-refractivity contribution in [3.63, 3.8) is 0 Å². The molecule has 116 valence electrons. The van der Waals surface area contributed by atoms with Gasteiger partial charge in [0.05, 0.1) is 16.8 Å². The quantitative estimate of drug-likeness (QED) is 0.502. The molecule has 0 saturated carbocycles. The minimum Gasteiger partial charge on any atom is -0.481 e. The Labute approximate surface area is 130 Å². The summed E-state index contributed by atoms with van der Waals surface area (Å²) in [7, 11) is 0. The van der Waals surface area contributed by atoms with Gasteiger partial charge in [-0.1, -0.05) is 23.8 Å². The number of carboxylic acids is 1. The van der Waals surface area contributed by atoms with Crippen LogP contribution in [0.25, 0.3) is 0 Å². The molecule has 1 aromatic carbocycles. The molecule has 0 radical (unpaired) electrons. The van der Waals surface area contributed by atoms with Gasteiger partial charge in [0, 0.05) is 11.8 Å². The van der Waals surface area contributed by atoms with Crippen molar-refractivity contribution in [2.24, 2.45) is 11.8 Å². The van der Waals surface area contributed by atoms with Crippen LogP contribution in [0, 0.1) is 22.0 Å². The molecule has 2 N–H and O–H groups in total. The monoisotopic (exact) mass is 324 g/mol. The fraction of sp³-hybridized carbons (Fsp3) is 0.286. The van der Waals surface area contributed by atoms with E-state index >= 15 is 0 Å². The number of nitrogens with zero attached hydrogens (tertiary/aromatic N) is 1. The predicted octanol–water partition coefficient (Wildman–Crippen LogP) is 2.85. The number of allylic oxidation sites excluding steroid dienone is 2. The van der Waals surface area contributed by atoms with Crippen LogP contribution in [0.2, 0.25) is 5.02 Å². The molecule has 0 heterocycles. The fourth-order valence-electron chi connectivity index (χ4n) is 2.34. The highest BCUT2D eigenvalue weighted by Gasteiger charge is 2.34. The average molecular weight is 325 g/mol. The zero-order valence-electron chi connectivity index (χ0n) is 11.4. The Morgan fingerprint density at radius 1 is 1.27 bits per heavy atom. The lowest BCUT2D eigenvalue weighted by atomic mass is 9.82. The first-order valence-electron chi connectivity index (χ1n) is 6.52. The molecular formula is C14H13ClN2O5. The molecular weight excluding hydrogens is 312 g/mol. The molecule has 1 aliphatic carbocycles. The second-order valence-corrected chi connectivity index (χ2v) is 5.31. The fourth-order valence-corrected chi connectivity index (χ4v) is 2.53. The lowest BCUT2D eigenvalue weighted by molar-refractivity contribution is -0.384. The van der Waals surface area contributed by atoms with Crippen LogP contribution < -0.4 is 5.32 Å². The number of carbonyl (C=O) groups excluding carboxylic acids is 1. The largest absolute Gasteiger partial charge is 0.481 e. The Hall–Kier alpha value is -2.41. The van der Waals surface area contributed by atoms with Gasteiger partial charge in [0.2, 0.25) is 5.91 Å². The van der Waals surface area contributed by atoms with Gasteiger partial charge in [-0.2, -0.15) is 0 Å². The first-order chi connectivity index (χ1) is 10.4. The van der Waals surface area contributed by atoms with Crippen LogP contribution in [-0.4, -0.2) is 21.9 Å². The maximum Gasteiger partial charge on any atom is 0.307 e. The van der Waals surface area contributed by atoms with Crippen molar-refractivity contribution in [3.8, 4) is 0 Å². The van der Waals surface area contributed by atoms with Crippen molar-refractivity contribution in [3.05, 3.63) is 45.5 Å². The number of carboxylic acid groups (broad SMARTS) is 1. The molecule has 0 aromatic heterocycles. The minimum atomic E-state index is -1.04.